The molecule has 34 heavy (non-hydrogen) atoms. The van der Waals surface area contributed by atoms with Crippen LogP contribution in [0, 0.1) is 11.3 Å². The van der Waals surface area contributed by atoms with Crippen LogP contribution in [-0.2, 0) is 10.0 Å². The van der Waals surface area contributed by atoms with Gasteiger partial charge in [-0.1, -0.05) is 12.1 Å². The van der Waals surface area contributed by atoms with Gasteiger partial charge in [0.1, 0.15) is 30.5 Å². The van der Waals surface area contributed by atoms with Crippen molar-refractivity contribution in [3.63, 3.8) is 0 Å². The lowest BCUT2D eigenvalue weighted by Gasteiger charge is -2.34. The Balaban J connectivity index is 1.65. The highest BCUT2D eigenvalue weighted by atomic mass is 32.2. The van der Waals surface area contributed by atoms with E-state index in [2.05, 4.69) is 11.1 Å². The summed E-state index contributed by atoms with van der Waals surface area (Å²) in [4.78, 5) is 4.04. The normalized spacial score (nSPS) is 20.4. The van der Waals surface area contributed by atoms with Gasteiger partial charge < -0.3 is 4.57 Å². The first-order chi connectivity index (χ1) is 16.4. The minimum Gasteiger partial charge on any atom is -0.332 e. The van der Waals surface area contributed by atoms with Crippen molar-refractivity contribution in [2.75, 3.05) is 13.3 Å². The third-order valence-electron chi connectivity index (χ3n) is 6.66. The van der Waals surface area contributed by atoms with E-state index in [0.717, 1.165) is 35.5 Å². The molecule has 2 aliphatic rings. The lowest BCUT2D eigenvalue weighted by molar-refractivity contribution is 0.124. The molecule has 2 atom stereocenters. The quantitative estimate of drug-likeness (QED) is 0.497. The van der Waals surface area contributed by atoms with Crippen LogP contribution >= 0.6 is 0 Å². The Morgan fingerprint density at radius 2 is 1.91 bits per heavy atom. The SMILES string of the molecule is N#Cc1c(-c2ccc(S(=O)(=O)NC(CF)CF)cn2)n(C2CCC2F)c2cccc(C3CC3)c12. The molecule has 2 aliphatic carbocycles. The van der Waals surface area contributed by atoms with Gasteiger partial charge >= 0.3 is 0 Å². The molecule has 0 aliphatic heterocycles. The van der Waals surface area contributed by atoms with E-state index in [0.29, 0.717) is 35.7 Å². The Hall–Kier alpha value is -2.90. The molecule has 2 aromatic heterocycles. The van der Waals surface area contributed by atoms with Crippen LogP contribution < -0.4 is 4.72 Å². The number of aromatic nitrogens is 2. The van der Waals surface area contributed by atoms with E-state index in [9.17, 15) is 26.9 Å². The lowest BCUT2D eigenvalue weighted by atomic mass is 9.90. The maximum absolute atomic E-state index is 14.6. The molecule has 10 heteroatoms. The van der Waals surface area contributed by atoms with E-state index in [1.54, 1.807) is 0 Å². The van der Waals surface area contributed by atoms with Gasteiger partial charge in [-0.15, -0.1) is 0 Å². The van der Waals surface area contributed by atoms with Gasteiger partial charge in [0.2, 0.25) is 10.0 Å². The van der Waals surface area contributed by atoms with Crippen molar-refractivity contribution in [2.45, 2.75) is 54.8 Å². The zero-order valence-corrected chi connectivity index (χ0v) is 19.0. The molecule has 0 radical (unpaired) electrons. The van der Waals surface area contributed by atoms with Gasteiger partial charge in [0, 0.05) is 11.6 Å². The van der Waals surface area contributed by atoms with Gasteiger partial charge in [-0.2, -0.15) is 5.26 Å². The first-order valence-corrected chi connectivity index (χ1v) is 12.7. The Morgan fingerprint density at radius 3 is 2.44 bits per heavy atom. The zero-order valence-electron chi connectivity index (χ0n) is 18.2. The minimum absolute atomic E-state index is 0.255. The number of sulfonamides is 1. The Kier molecular flexibility index (Phi) is 5.86. The summed E-state index contributed by atoms with van der Waals surface area (Å²) in [6.45, 7) is -2.36. The summed E-state index contributed by atoms with van der Waals surface area (Å²) in [5.74, 6) is 0.368. The molecule has 5 rings (SSSR count). The number of fused-ring (bicyclic) bond motifs is 1. The van der Waals surface area contributed by atoms with Crippen molar-refractivity contribution in [1.29, 1.82) is 5.26 Å². The van der Waals surface area contributed by atoms with Gasteiger partial charge in [0.25, 0.3) is 0 Å². The number of halogens is 3. The summed E-state index contributed by atoms with van der Waals surface area (Å²) in [5, 5.41) is 10.9. The number of benzene rings is 1. The molecule has 1 N–H and O–H groups in total. The predicted molar refractivity (Wildman–Crippen MR) is 121 cm³/mol. The van der Waals surface area contributed by atoms with E-state index in [1.165, 1.54) is 12.1 Å². The van der Waals surface area contributed by atoms with Crippen molar-refractivity contribution < 1.29 is 21.6 Å². The van der Waals surface area contributed by atoms with Crippen LogP contribution in [0.2, 0.25) is 0 Å². The summed E-state index contributed by atoms with van der Waals surface area (Å²) in [5.41, 5.74) is 3.03. The first kappa shape index (κ1) is 22.9. The largest absolute Gasteiger partial charge is 0.332 e. The standard InChI is InChI=1S/C24H23F3N4O2S/c25-10-15(11-26)30-34(32,33)16-6-8-20(29-13-16)24-18(12-28)23-17(14-4-5-14)2-1-3-22(23)31(24)21-9-7-19(21)27/h1-3,6,8,13-15,19,21,30H,4-5,7,9-11H2. The fourth-order valence-corrected chi connectivity index (χ4v) is 5.77. The molecule has 6 nitrogen and oxygen atoms in total. The van der Waals surface area contributed by atoms with Crippen molar-refractivity contribution in [3.8, 4) is 17.5 Å². The van der Waals surface area contributed by atoms with Crippen LogP contribution in [0.5, 0.6) is 0 Å². The van der Waals surface area contributed by atoms with Gasteiger partial charge in [0.05, 0.1) is 34.6 Å². The second kappa shape index (κ2) is 8.71. The van der Waals surface area contributed by atoms with Crippen LogP contribution in [0.15, 0.2) is 41.4 Å². The van der Waals surface area contributed by atoms with Crippen LogP contribution in [0.25, 0.3) is 22.3 Å². The summed E-state index contributed by atoms with van der Waals surface area (Å²) in [7, 11) is -4.19. The van der Waals surface area contributed by atoms with E-state index in [4.69, 9.17) is 0 Å². The lowest BCUT2D eigenvalue weighted by Crippen LogP contribution is -2.37. The maximum Gasteiger partial charge on any atom is 0.242 e. The average Bonchev–Trinajstić information content (AvgIpc) is 3.64. The number of pyridine rings is 1. The van der Waals surface area contributed by atoms with Crippen LogP contribution in [0.1, 0.15) is 48.8 Å². The number of hydrogen-bond acceptors (Lipinski definition) is 4. The average molecular weight is 489 g/mol. The fraction of sp³-hybridized carbons (Fsp3) is 0.417. The Morgan fingerprint density at radius 1 is 1.15 bits per heavy atom. The molecular formula is C24H23F3N4O2S. The van der Waals surface area contributed by atoms with Crippen LogP contribution in [-0.4, -0.2) is 43.5 Å². The molecule has 0 spiro atoms. The van der Waals surface area contributed by atoms with E-state index in [-0.39, 0.29) is 4.90 Å². The highest BCUT2D eigenvalue weighted by Crippen LogP contribution is 2.49. The monoisotopic (exact) mass is 488 g/mol. The van der Waals surface area contributed by atoms with Crippen molar-refractivity contribution in [3.05, 3.63) is 47.7 Å². The van der Waals surface area contributed by atoms with E-state index >= 15 is 0 Å². The molecule has 0 bridgehead atoms. The third-order valence-corrected chi connectivity index (χ3v) is 8.17. The number of nitriles is 1. The molecule has 2 unspecified atom stereocenters. The zero-order chi connectivity index (χ0) is 24.0. The molecule has 178 valence electrons. The van der Waals surface area contributed by atoms with Crippen molar-refractivity contribution in [1.82, 2.24) is 14.3 Å². The molecule has 2 fully saturated rings. The van der Waals surface area contributed by atoms with Crippen LogP contribution in [0.4, 0.5) is 13.2 Å². The molecule has 0 amide bonds. The van der Waals surface area contributed by atoms with Gasteiger partial charge in [-0.05, 0) is 55.4 Å². The first-order valence-electron chi connectivity index (χ1n) is 11.2. The summed E-state index contributed by atoms with van der Waals surface area (Å²) in [6, 6.07) is 8.91. The van der Waals surface area contributed by atoms with Gasteiger partial charge in [-0.25, -0.2) is 26.3 Å². The van der Waals surface area contributed by atoms with Gasteiger partial charge in [0.15, 0.2) is 0 Å². The topological polar surface area (TPSA) is 87.8 Å². The fourth-order valence-electron chi connectivity index (χ4n) is 4.63. The molecule has 0 saturated heterocycles. The second-order valence-corrected chi connectivity index (χ2v) is 10.6. The Bertz CT molecular complexity index is 1370. The highest BCUT2D eigenvalue weighted by Gasteiger charge is 2.38. The van der Waals surface area contributed by atoms with E-state index < -0.39 is 41.6 Å². The number of hydrogen-bond donors (Lipinski definition) is 1. The number of nitrogens with one attached hydrogen (secondary N) is 1. The van der Waals surface area contributed by atoms with E-state index in [1.807, 2.05) is 27.5 Å². The smallest absolute Gasteiger partial charge is 0.242 e. The second-order valence-electron chi connectivity index (χ2n) is 8.89. The number of rotatable bonds is 8. The van der Waals surface area contributed by atoms with Crippen molar-refractivity contribution >= 4 is 20.9 Å². The molecule has 1 aromatic carbocycles. The number of alkyl halides is 3. The molecular weight excluding hydrogens is 465 g/mol. The predicted octanol–water partition coefficient (Wildman–Crippen LogP) is 4.71. The van der Waals surface area contributed by atoms with Gasteiger partial charge in [-0.3, -0.25) is 4.98 Å². The minimum atomic E-state index is -4.19. The molecule has 2 saturated carbocycles. The van der Waals surface area contributed by atoms with Crippen LogP contribution in [0.3, 0.4) is 0 Å². The highest BCUT2D eigenvalue weighted by molar-refractivity contribution is 7.89. The summed E-state index contributed by atoms with van der Waals surface area (Å²) >= 11 is 0. The maximum atomic E-state index is 14.6. The summed E-state index contributed by atoms with van der Waals surface area (Å²) < 4.78 is 69.0. The molecule has 2 heterocycles. The third kappa shape index (κ3) is 3.77. The Labute approximate surface area is 195 Å². The number of nitrogens with zero attached hydrogens (tertiary/aromatic N) is 3. The van der Waals surface area contributed by atoms with Crippen molar-refractivity contribution in [2.24, 2.45) is 0 Å². The molecule has 3 aromatic rings. The summed E-state index contributed by atoms with van der Waals surface area (Å²) in [6.07, 6.45) is 3.18.